The van der Waals surface area contributed by atoms with Gasteiger partial charge in [0.2, 0.25) is 0 Å². The van der Waals surface area contributed by atoms with E-state index in [1.54, 1.807) is 23.5 Å². The molecule has 0 spiro atoms. The first-order valence-electron chi connectivity index (χ1n) is 5.00. The topological polar surface area (TPSA) is 25.8 Å². The molecule has 0 fully saturated rings. The standard InChI is InChI=1S/C12H12N2S2/c1-10(15-11-6-2-4-8-13-11)16-12-7-3-5-9-14-12/h2-10H,1H3. The van der Waals surface area contributed by atoms with E-state index in [0.29, 0.717) is 4.58 Å². The van der Waals surface area contributed by atoms with Gasteiger partial charge in [0.05, 0.1) is 14.6 Å². The van der Waals surface area contributed by atoms with Crippen molar-refractivity contribution in [2.24, 2.45) is 0 Å². The van der Waals surface area contributed by atoms with E-state index in [2.05, 4.69) is 16.9 Å². The molecule has 0 saturated carbocycles. The van der Waals surface area contributed by atoms with E-state index in [9.17, 15) is 0 Å². The van der Waals surface area contributed by atoms with Crippen molar-refractivity contribution in [3.63, 3.8) is 0 Å². The van der Waals surface area contributed by atoms with Crippen LogP contribution in [-0.2, 0) is 0 Å². The minimum atomic E-state index is 0.407. The van der Waals surface area contributed by atoms with Crippen molar-refractivity contribution in [1.82, 2.24) is 9.97 Å². The van der Waals surface area contributed by atoms with Crippen LogP contribution in [0.3, 0.4) is 0 Å². The molecule has 2 heterocycles. The van der Waals surface area contributed by atoms with Crippen molar-refractivity contribution in [2.75, 3.05) is 0 Å². The number of rotatable bonds is 4. The van der Waals surface area contributed by atoms with Crippen LogP contribution in [0, 0.1) is 0 Å². The Labute approximate surface area is 104 Å². The van der Waals surface area contributed by atoms with Crippen molar-refractivity contribution in [3.05, 3.63) is 48.8 Å². The summed E-state index contributed by atoms with van der Waals surface area (Å²) < 4.78 is 0.407. The average molecular weight is 248 g/mol. The van der Waals surface area contributed by atoms with Crippen LogP contribution in [0.1, 0.15) is 6.92 Å². The Hall–Kier alpha value is -1.00. The highest BCUT2D eigenvalue weighted by Gasteiger charge is 2.07. The summed E-state index contributed by atoms with van der Waals surface area (Å²) in [5, 5.41) is 2.11. The number of aromatic nitrogens is 2. The van der Waals surface area contributed by atoms with Crippen LogP contribution in [0.4, 0.5) is 0 Å². The largest absolute Gasteiger partial charge is 0.250 e. The predicted molar refractivity (Wildman–Crippen MR) is 69.7 cm³/mol. The van der Waals surface area contributed by atoms with Gasteiger partial charge in [0, 0.05) is 12.4 Å². The predicted octanol–water partition coefficient (Wildman–Crippen LogP) is 3.71. The Morgan fingerprint density at radius 2 is 1.38 bits per heavy atom. The Morgan fingerprint density at radius 3 is 1.75 bits per heavy atom. The third-order valence-electron chi connectivity index (χ3n) is 1.85. The SMILES string of the molecule is CC(Sc1ccccn1)Sc1ccccn1. The minimum absolute atomic E-state index is 0.407. The fraction of sp³-hybridized carbons (Fsp3) is 0.167. The normalized spacial score (nSPS) is 10.6. The molecule has 0 unspecified atom stereocenters. The summed E-state index contributed by atoms with van der Waals surface area (Å²) in [6.07, 6.45) is 3.64. The molecule has 0 aromatic carbocycles. The minimum Gasteiger partial charge on any atom is -0.250 e. The monoisotopic (exact) mass is 248 g/mol. The molecule has 0 atom stereocenters. The van der Waals surface area contributed by atoms with Gasteiger partial charge >= 0.3 is 0 Å². The first-order valence-corrected chi connectivity index (χ1v) is 6.76. The molecule has 0 N–H and O–H groups in total. The Bertz CT molecular complexity index is 378. The number of thioether (sulfide) groups is 2. The molecule has 0 aliphatic heterocycles. The molecule has 0 saturated heterocycles. The molecular formula is C12H12N2S2. The zero-order chi connectivity index (χ0) is 11.2. The maximum Gasteiger partial charge on any atom is 0.0970 e. The van der Waals surface area contributed by atoms with E-state index in [0.717, 1.165) is 10.1 Å². The van der Waals surface area contributed by atoms with Crippen molar-refractivity contribution < 1.29 is 0 Å². The molecule has 16 heavy (non-hydrogen) atoms. The van der Waals surface area contributed by atoms with Gasteiger partial charge < -0.3 is 0 Å². The van der Waals surface area contributed by atoms with E-state index in [4.69, 9.17) is 0 Å². The van der Waals surface area contributed by atoms with Crippen LogP contribution >= 0.6 is 23.5 Å². The fourth-order valence-corrected chi connectivity index (χ4v) is 3.22. The Morgan fingerprint density at radius 1 is 0.875 bits per heavy atom. The third-order valence-corrected chi connectivity index (χ3v) is 4.06. The molecular weight excluding hydrogens is 236 g/mol. The van der Waals surface area contributed by atoms with Gasteiger partial charge in [-0.25, -0.2) is 9.97 Å². The van der Waals surface area contributed by atoms with Crippen LogP contribution in [0.25, 0.3) is 0 Å². The lowest BCUT2D eigenvalue weighted by atomic mass is 10.5. The quantitative estimate of drug-likeness (QED) is 0.608. The van der Waals surface area contributed by atoms with Crippen molar-refractivity contribution in [3.8, 4) is 0 Å². The number of nitrogens with zero attached hydrogens (tertiary/aromatic N) is 2. The van der Waals surface area contributed by atoms with E-state index >= 15 is 0 Å². The lowest BCUT2D eigenvalue weighted by Gasteiger charge is -2.08. The number of hydrogen-bond acceptors (Lipinski definition) is 4. The van der Waals surface area contributed by atoms with Gasteiger partial charge in [-0.1, -0.05) is 35.7 Å². The highest BCUT2D eigenvalue weighted by molar-refractivity contribution is 8.16. The number of hydrogen-bond donors (Lipinski definition) is 0. The van der Waals surface area contributed by atoms with Gasteiger partial charge in [0.25, 0.3) is 0 Å². The summed E-state index contributed by atoms with van der Waals surface area (Å²) in [7, 11) is 0. The van der Waals surface area contributed by atoms with E-state index < -0.39 is 0 Å². The zero-order valence-electron chi connectivity index (χ0n) is 8.91. The van der Waals surface area contributed by atoms with Crippen LogP contribution in [0.5, 0.6) is 0 Å². The first-order chi connectivity index (χ1) is 7.84. The molecule has 2 nitrogen and oxygen atoms in total. The van der Waals surface area contributed by atoms with Gasteiger partial charge in [0.1, 0.15) is 0 Å². The molecule has 2 aromatic rings. The second kappa shape index (κ2) is 5.92. The Kier molecular flexibility index (Phi) is 4.25. The van der Waals surface area contributed by atoms with Crippen LogP contribution in [0.2, 0.25) is 0 Å². The summed E-state index contributed by atoms with van der Waals surface area (Å²) in [5.41, 5.74) is 0. The molecule has 2 rings (SSSR count). The molecule has 0 aliphatic carbocycles. The first kappa shape index (κ1) is 11.5. The second-order valence-electron chi connectivity index (χ2n) is 3.14. The van der Waals surface area contributed by atoms with Gasteiger partial charge in [-0.3, -0.25) is 0 Å². The lowest BCUT2D eigenvalue weighted by molar-refractivity contribution is 1.12. The van der Waals surface area contributed by atoms with E-state index in [1.807, 2.05) is 48.8 Å². The fourth-order valence-electron chi connectivity index (χ4n) is 1.20. The molecule has 0 bridgehead atoms. The molecule has 0 radical (unpaired) electrons. The summed E-state index contributed by atoms with van der Waals surface area (Å²) >= 11 is 3.50. The van der Waals surface area contributed by atoms with Gasteiger partial charge in [-0.05, 0) is 31.2 Å². The van der Waals surface area contributed by atoms with E-state index in [-0.39, 0.29) is 0 Å². The highest BCUT2D eigenvalue weighted by atomic mass is 32.2. The summed E-state index contributed by atoms with van der Waals surface area (Å²) in [5.74, 6) is 0. The third kappa shape index (κ3) is 3.54. The van der Waals surface area contributed by atoms with Crippen molar-refractivity contribution in [2.45, 2.75) is 21.6 Å². The summed E-state index contributed by atoms with van der Waals surface area (Å²) in [6, 6.07) is 11.9. The van der Waals surface area contributed by atoms with Gasteiger partial charge in [0.15, 0.2) is 0 Å². The number of pyridine rings is 2. The summed E-state index contributed by atoms with van der Waals surface area (Å²) in [6.45, 7) is 2.17. The molecule has 0 amide bonds. The Balaban J connectivity index is 1.92. The maximum atomic E-state index is 4.29. The van der Waals surface area contributed by atoms with Gasteiger partial charge in [-0.2, -0.15) is 0 Å². The second-order valence-corrected chi connectivity index (χ2v) is 6.16. The maximum absolute atomic E-state index is 4.29. The smallest absolute Gasteiger partial charge is 0.0970 e. The molecule has 4 heteroatoms. The molecule has 2 aromatic heterocycles. The van der Waals surface area contributed by atoms with Crippen LogP contribution in [0.15, 0.2) is 58.8 Å². The highest BCUT2D eigenvalue weighted by Crippen LogP contribution is 2.32. The van der Waals surface area contributed by atoms with Crippen LogP contribution < -0.4 is 0 Å². The molecule has 82 valence electrons. The zero-order valence-corrected chi connectivity index (χ0v) is 10.5. The van der Waals surface area contributed by atoms with E-state index in [1.165, 1.54) is 0 Å². The van der Waals surface area contributed by atoms with Crippen LogP contribution in [-0.4, -0.2) is 14.5 Å². The van der Waals surface area contributed by atoms with Gasteiger partial charge in [-0.15, -0.1) is 0 Å². The average Bonchev–Trinajstić information content (AvgIpc) is 2.31. The lowest BCUT2D eigenvalue weighted by Crippen LogP contribution is -1.91. The molecule has 0 aliphatic rings. The summed E-state index contributed by atoms with van der Waals surface area (Å²) in [4.78, 5) is 8.58. The van der Waals surface area contributed by atoms with Crippen molar-refractivity contribution >= 4 is 23.5 Å². The van der Waals surface area contributed by atoms with Crippen molar-refractivity contribution in [1.29, 1.82) is 0 Å².